The predicted octanol–water partition coefficient (Wildman–Crippen LogP) is 1.15. The quantitative estimate of drug-likeness (QED) is 0.853. The summed E-state index contributed by atoms with van der Waals surface area (Å²) >= 11 is 0. The molecule has 4 rings (SSSR count). The van der Waals surface area contributed by atoms with Gasteiger partial charge in [-0.1, -0.05) is 0 Å². The maximum Gasteiger partial charge on any atom is 0.233 e. The summed E-state index contributed by atoms with van der Waals surface area (Å²) < 4.78 is 2.02. The van der Waals surface area contributed by atoms with Crippen LogP contribution in [0.3, 0.4) is 0 Å². The van der Waals surface area contributed by atoms with Crippen LogP contribution >= 0.6 is 0 Å². The van der Waals surface area contributed by atoms with E-state index >= 15 is 0 Å². The van der Waals surface area contributed by atoms with Crippen molar-refractivity contribution in [3.63, 3.8) is 0 Å². The first kappa shape index (κ1) is 14.4. The standard InChI is InChI=1S/C17H21N5O/c1-20-12-19-15-11-21(9-13-3-5-18-6-4-13)10-14(16(15)20)17(23)22-7-2-8-22/h3-6,12,14H,2,7-11H2,1H3/t14-/m1/s1. The van der Waals surface area contributed by atoms with E-state index in [4.69, 9.17) is 0 Å². The Balaban J connectivity index is 1.59. The minimum atomic E-state index is -0.103. The molecule has 120 valence electrons. The molecule has 2 aliphatic rings. The minimum absolute atomic E-state index is 0.103. The molecule has 2 aromatic rings. The molecule has 0 N–H and O–H groups in total. The first-order valence-corrected chi connectivity index (χ1v) is 8.12. The first-order valence-electron chi connectivity index (χ1n) is 8.12. The monoisotopic (exact) mass is 311 g/mol. The lowest BCUT2D eigenvalue weighted by molar-refractivity contribution is -0.137. The molecule has 0 aliphatic carbocycles. The second kappa shape index (κ2) is 5.77. The maximum atomic E-state index is 12.8. The second-order valence-corrected chi connectivity index (χ2v) is 6.44. The number of carbonyl (C=O) groups excluding carboxylic acids is 1. The van der Waals surface area contributed by atoms with Crippen LogP contribution in [0, 0.1) is 0 Å². The van der Waals surface area contributed by atoms with Crippen molar-refractivity contribution < 1.29 is 4.79 Å². The van der Waals surface area contributed by atoms with E-state index < -0.39 is 0 Å². The van der Waals surface area contributed by atoms with Crippen molar-refractivity contribution in [2.24, 2.45) is 7.05 Å². The molecule has 6 heteroatoms. The van der Waals surface area contributed by atoms with Gasteiger partial charge in [0, 0.05) is 52.2 Å². The number of aromatic nitrogens is 3. The normalized spacial score (nSPS) is 20.9. The van der Waals surface area contributed by atoms with Crippen LogP contribution in [-0.4, -0.2) is 49.9 Å². The van der Waals surface area contributed by atoms with E-state index in [0.717, 1.165) is 50.5 Å². The largest absolute Gasteiger partial charge is 0.342 e. The third-order valence-corrected chi connectivity index (χ3v) is 4.83. The minimum Gasteiger partial charge on any atom is -0.342 e. The van der Waals surface area contributed by atoms with Crippen LogP contribution in [0.25, 0.3) is 0 Å². The summed E-state index contributed by atoms with van der Waals surface area (Å²) in [6, 6.07) is 4.06. The number of likely N-dealkylation sites (tertiary alicyclic amines) is 1. The molecular formula is C17H21N5O. The van der Waals surface area contributed by atoms with Gasteiger partial charge in [0.25, 0.3) is 0 Å². The summed E-state index contributed by atoms with van der Waals surface area (Å²) in [6.45, 7) is 4.16. The van der Waals surface area contributed by atoms with E-state index in [9.17, 15) is 4.79 Å². The molecule has 23 heavy (non-hydrogen) atoms. The van der Waals surface area contributed by atoms with E-state index in [1.165, 1.54) is 5.56 Å². The number of rotatable bonds is 3. The molecule has 4 heterocycles. The van der Waals surface area contributed by atoms with Gasteiger partial charge in [-0.3, -0.25) is 14.7 Å². The van der Waals surface area contributed by atoms with Gasteiger partial charge < -0.3 is 9.47 Å². The third kappa shape index (κ3) is 2.63. The Labute approximate surface area is 135 Å². The summed E-state index contributed by atoms with van der Waals surface area (Å²) in [5.41, 5.74) is 3.34. The summed E-state index contributed by atoms with van der Waals surface area (Å²) in [6.07, 6.45) is 6.58. The van der Waals surface area contributed by atoms with E-state index in [2.05, 4.69) is 14.9 Å². The van der Waals surface area contributed by atoms with Gasteiger partial charge in [-0.25, -0.2) is 4.98 Å². The highest BCUT2D eigenvalue weighted by atomic mass is 16.2. The molecule has 1 saturated heterocycles. The van der Waals surface area contributed by atoms with Gasteiger partial charge in [-0.15, -0.1) is 0 Å². The molecule has 2 aliphatic heterocycles. The highest BCUT2D eigenvalue weighted by Crippen LogP contribution is 2.30. The molecule has 0 spiro atoms. The second-order valence-electron chi connectivity index (χ2n) is 6.44. The zero-order valence-electron chi connectivity index (χ0n) is 13.4. The lowest BCUT2D eigenvalue weighted by atomic mass is 9.95. The third-order valence-electron chi connectivity index (χ3n) is 4.83. The predicted molar refractivity (Wildman–Crippen MR) is 85.5 cm³/mol. The van der Waals surface area contributed by atoms with Gasteiger partial charge in [-0.2, -0.15) is 0 Å². The highest BCUT2D eigenvalue weighted by Gasteiger charge is 2.37. The number of hydrogen-bond donors (Lipinski definition) is 0. The molecule has 0 bridgehead atoms. The van der Waals surface area contributed by atoms with Gasteiger partial charge in [0.15, 0.2) is 0 Å². The Morgan fingerprint density at radius 3 is 2.78 bits per heavy atom. The molecule has 1 fully saturated rings. The smallest absolute Gasteiger partial charge is 0.233 e. The number of imidazole rings is 1. The topological polar surface area (TPSA) is 54.3 Å². The van der Waals surface area contributed by atoms with Gasteiger partial charge >= 0.3 is 0 Å². The first-order chi connectivity index (χ1) is 11.2. The lowest BCUT2D eigenvalue weighted by Gasteiger charge is -2.38. The Kier molecular flexibility index (Phi) is 3.61. The van der Waals surface area contributed by atoms with Gasteiger partial charge in [0.2, 0.25) is 5.91 Å². The van der Waals surface area contributed by atoms with Gasteiger partial charge in [0.05, 0.1) is 23.6 Å². The molecule has 0 unspecified atom stereocenters. The Morgan fingerprint density at radius 1 is 1.30 bits per heavy atom. The van der Waals surface area contributed by atoms with Crippen molar-refractivity contribution in [3.05, 3.63) is 47.8 Å². The van der Waals surface area contributed by atoms with Gasteiger partial charge in [-0.05, 0) is 24.1 Å². The molecule has 2 aromatic heterocycles. The zero-order valence-corrected chi connectivity index (χ0v) is 13.4. The summed E-state index contributed by atoms with van der Waals surface area (Å²) in [5.74, 6) is 0.147. The van der Waals surface area contributed by atoms with E-state index in [0.29, 0.717) is 0 Å². The van der Waals surface area contributed by atoms with Crippen molar-refractivity contribution >= 4 is 5.91 Å². The van der Waals surface area contributed by atoms with Gasteiger partial charge in [0.1, 0.15) is 0 Å². The lowest BCUT2D eigenvalue weighted by Crippen LogP contribution is -2.48. The van der Waals surface area contributed by atoms with E-state index in [-0.39, 0.29) is 11.8 Å². The van der Waals surface area contributed by atoms with Crippen LogP contribution in [0.4, 0.5) is 0 Å². The number of nitrogens with zero attached hydrogens (tertiary/aromatic N) is 5. The molecule has 6 nitrogen and oxygen atoms in total. The fourth-order valence-electron chi connectivity index (χ4n) is 3.50. The van der Waals surface area contributed by atoms with E-state index in [1.807, 2.05) is 47.4 Å². The molecular weight excluding hydrogens is 290 g/mol. The van der Waals surface area contributed by atoms with Crippen molar-refractivity contribution in [3.8, 4) is 0 Å². The van der Waals surface area contributed by atoms with Crippen molar-refractivity contribution in [1.82, 2.24) is 24.3 Å². The fourth-order valence-corrected chi connectivity index (χ4v) is 3.50. The summed E-state index contributed by atoms with van der Waals surface area (Å²) in [7, 11) is 1.99. The number of aryl methyl sites for hydroxylation is 1. The number of fused-ring (bicyclic) bond motifs is 1. The molecule has 0 aromatic carbocycles. The van der Waals surface area contributed by atoms with Crippen LogP contribution in [-0.2, 0) is 24.9 Å². The summed E-state index contributed by atoms with van der Waals surface area (Å²) in [4.78, 5) is 25.7. The molecule has 0 saturated carbocycles. The van der Waals surface area contributed by atoms with Crippen LogP contribution in [0.5, 0.6) is 0 Å². The van der Waals surface area contributed by atoms with Crippen molar-refractivity contribution in [1.29, 1.82) is 0 Å². The average Bonchev–Trinajstić information content (AvgIpc) is 2.87. The Hall–Kier alpha value is -2.21. The van der Waals surface area contributed by atoms with E-state index in [1.54, 1.807) is 0 Å². The van der Waals surface area contributed by atoms with Crippen LogP contribution in [0.2, 0.25) is 0 Å². The maximum absolute atomic E-state index is 12.8. The Bertz CT molecular complexity index is 707. The van der Waals surface area contributed by atoms with Crippen molar-refractivity contribution in [2.45, 2.75) is 25.4 Å². The molecule has 0 radical (unpaired) electrons. The summed E-state index contributed by atoms with van der Waals surface area (Å²) in [5, 5.41) is 0. The number of hydrogen-bond acceptors (Lipinski definition) is 4. The number of carbonyl (C=O) groups is 1. The average molecular weight is 311 g/mol. The number of pyridine rings is 1. The highest BCUT2D eigenvalue weighted by molar-refractivity contribution is 5.84. The molecule has 1 atom stereocenters. The fraction of sp³-hybridized carbons (Fsp3) is 0.471. The Morgan fingerprint density at radius 2 is 2.09 bits per heavy atom. The molecule has 1 amide bonds. The van der Waals surface area contributed by atoms with Crippen LogP contribution in [0.1, 0.15) is 29.3 Å². The van der Waals surface area contributed by atoms with Crippen LogP contribution in [0.15, 0.2) is 30.9 Å². The SMILES string of the molecule is Cn1cnc2c1[C@H](C(=O)N1CCC1)CN(Cc1ccncc1)C2. The number of amides is 1. The van der Waals surface area contributed by atoms with Crippen LogP contribution < -0.4 is 0 Å². The van der Waals surface area contributed by atoms with Crippen molar-refractivity contribution in [2.75, 3.05) is 19.6 Å². The zero-order chi connectivity index (χ0) is 15.8.